The van der Waals surface area contributed by atoms with E-state index >= 15 is 0 Å². The molecule has 0 saturated carbocycles. The Morgan fingerprint density at radius 1 is 1.25 bits per heavy atom. The third-order valence-corrected chi connectivity index (χ3v) is 3.82. The fourth-order valence-corrected chi connectivity index (χ4v) is 2.81. The lowest BCUT2D eigenvalue weighted by Gasteiger charge is -2.44. The highest BCUT2D eigenvalue weighted by molar-refractivity contribution is 4.87. The smallest absolute Gasteiger partial charge is 0.0195 e. The highest BCUT2D eigenvalue weighted by Crippen LogP contribution is 2.24. The minimum absolute atomic E-state index is 0.390. The van der Waals surface area contributed by atoms with Crippen LogP contribution in [0.1, 0.15) is 59.8 Å². The Bertz CT molecular complexity index is 189. The van der Waals surface area contributed by atoms with Gasteiger partial charge in [0.2, 0.25) is 0 Å². The summed E-state index contributed by atoms with van der Waals surface area (Å²) in [5, 5.41) is 3.67. The van der Waals surface area contributed by atoms with E-state index in [4.69, 9.17) is 0 Å². The molecule has 1 aliphatic rings. The van der Waals surface area contributed by atoms with Crippen LogP contribution in [0.2, 0.25) is 0 Å². The number of rotatable bonds is 6. The summed E-state index contributed by atoms with van der Waals surface area (Å²) in [5.74, 6) is 0. The maximum absolute atomic E-state index is 3.67. The Morgan fingerprint density at radius 2 is 2.00 bits per heavy atom. The van der Waals surface area contributed by atoms with Gasteiger partial charge >= 0.3 is 0 Å². The Hall–Kier alpha value is -0.0800. The van der Waals surface area contributed by atoms with E-state index < -0.39 is 0 Å². The minimum atomic E-state index is 0.390. The van der Waals surface area contributed by atoms with E-state index in [9.17, 15) is 0 Å². The zero-order valence-corrected chi connectivity index (χ0v) is 11.7. The molecule has 0 aliphatic carbocycles. The van der Waals surface area contributed by atoms with Crippen LogP contribution in [0, 0.1) is 0 Å². The second-order valence-electron chi connectivity index (χ2n) is 5.80. The summed E-state index contributed by atoms with van der Waals surface area (Å²) in [4.78, 5) is 2.69. The first-order chi connectivity index (χ1) is 7.60. The van der Waals surface area contributed by atoms with E-state index in [1.165, 1.54) is 51.7 Å². The Balaban J connectivity index is 2.42. The Kier molecular flexibility index (Phi) is 5.77. The van der Waals surface area contributed by atoms with Gasteiger partial charge < -0.3 is 5.32 Å². The van der Waals surface area contributed by atoms with Crippen LogP contribution in [0.5, 0.6) is 0 Å². The first-order valence-corrected chi connectivity index (χ1v) is 7.08. The highest BCUT2D eigenvalue weighted by atomic mass is 15.2. The topological polar surface area (TPSA) is 15.3 Å². The molecule has 0 bridgehead atoms. The SMILES string of the molecule is CCCNC1CCCN(C(C)(C)CCC)C1. The van der Waals surface area contributed by atoms with Gasteiger partial charge in [-0.3, -0.25) is 4.90 Å². The summed E-state index contributed by atoms with van der Waals surface area (Å²) >= 11 is 0. The lowest BCUT2D eigenvalue weighted by molar-refractivity contribution is 0.0706. The molecule has 2 heteroatoms. The number of nitrogens with zero attached hydrogens (tertiary/aromatic N) is 1. The van der Waals surface area contributed by atoms with Gasteiger partial charge in [0, 0.05) is 18.1 Å². The van der Waals surface area contributed by atoms with Gasteiger partial charge in [0.25, 0.3) is 0 Å². The van der Waals surface area contributed by atoms with Crippen molar-refractivity contribution >= 4 is 0 Å². The normalized spacial score (nSPS) is 23.6. The van der Waals surface area contributed by atoms with Crippen LogP contribution in [0.25, 0.3) is 0 Å². The molecule has 1 fully saturated rings. The van der Waals surface area contributed by atoms with Crippen molar-refractivity contribution < 1.29 is 0 Å². The van der Waals surface area contributed by atoms with Gasteiger partial charge in [0.1, 0.15) is 0 Å². The van der Waals surface area contributed by atoms with Crippen LogP contribution in [-0.2, 0) is 0 Å². The van der Waals surface area contributed by atoms with Crippen molar-refractivity contribution in [1.82, 2.24) is 10.2 Å². The minimum Gasteiger partial charge on any atom is -0.313 e. The largest absolute Gasteiger partial charge is 0.313 e. The molecular weight excluding hydrogens is 196 g/mol. The molecule has 1 N–H and O–H groups in total. The van der Waals surface area contributed by atoms with Crippen LogP contribution < -0.4 is 5.32 Å². The third kappa shape index (κ3) is 4.06. The molecule has 0 aromatic heterocycles. The number of piperidine rings is 1. The molecule has 1 atom stereocenters. The molecule has 96 valence electrons. The molecule has 1 aliphatic heterocycles. The molecule has 1 heterocycles. The third-order valence-electron chi connectivity index (χ3n) is 3.82. The molecule has 1 unspecified atom stereocenters. The van der Waals surface area contributed by atoms with Gasteiger partial charge in [-0.2, -0.15) is 0 Å². The van der Waals surface area contributed by atoms with Crippen molar-refractivity contribution in [2.24, 2.45) is 0 Å². The van der Waals surface area contributed by atoms with Crippen molar-refractivity contribution in [2.75, 3.05) is 19.6 Å². The van der Waals surface area contributed by atoms with Crippen LogP contribution in [-0.4, -0.2) is 36.1 Å². The average Bonchev–Trinajstić information content (AvgIpc) is 2.27. The van der Waals surface area contributed by atoms with Gasteiger partial charge in [-0.25, -0.2) is 0 Å². The molecule has 1 saturated heterocycles. The van der Waals surface area contributed by atoms with Crippen molar-refractivity contribution in [2.45, 2.75) is 71.4 Å². The summed E-state index contributed by atoms with van der Waals surface area (Å²) in [7, 11) is 0. The average molecular weight is 226 g/mol. The lowest BCUT2D eigenvalue weighted by atomic mass is 9.92. The monoisotopic (exact) mass is 226 g/mol. The molecule has 0 amide bonds. The summed E-state index contributed by atoms with van der Waals surface area (Å²) in [5.41, 5.74) is 0.390. The highest BCUT2D eigenvalue weighted by Gasteiger charge is 2.30. The van der Waals surface area contributed by atoms with Gasteiger partial charge in [0.15, 0.2) is 0 Å². The first kappa shape index (κ1) is 14.0. The number of hydrogen-bond acceptors (Lipinski definition) is 2. The van der Waals surface area contributed by atoms with Crippen molar-refractivity contribution in [1.29, 1.82) is 0 Å². The van der Waals surface area contributed by atoms with Crippen molar-refractivity contribution in [3.8, 4) is 0 Å². The van der Waals surface area contributed by atoms with Gasteiger partial charge in [-0.1, -0.05) is 20.3 Å². The molecule has 0 radical (unpaired) electrons. The molecule has 2 nitrogen and oxygen atoms in total. The van der Waals surface area contributed by atoms with E-state index in [0.29, 0.717) is 5.54 Å². The van der Waals surface area contributed by atoms with E-state index in [-0.39, 0.29) is 0 Å². The Labute approximate surface area is 102 Å². The van der Waals surface area contributed by atoms with Gasteiger partial charge in [-0.05, 0) is 52.6 Å². The second kappa shape index (κ2) is 6.61. The summed E-state index contributed by atoms with van der Waals surface area (Å²) in [6.45, 7) is 13.0. The molecule has 0 aromatic rings. The predicted octanol–water partition coefficient (Wildman–Crippen LogP) is 3.03. The summed E-state index contributed by atoms with van der Waals surface area (Å²) in [6.07, 6.45) is 6.56. The zero-order chi connectivity index (χ0) is 12.0. The van der Waals surface area contributed by atoms with Crippen LogP contribution >= 0.6 is 0 Å². The molecule has 0 spiro atoms. The Morgan fingerprint density at radius 3 is 2.62 bits per heavy atom. The van der Waals surface area contributed by atoms with E-state index in [2.05, 4.69) is 37.9 Å². The van der Waals surface area contributed by atoms with Crippen LogP contribution in [0.15, 0.2) is 0 Å². The fraction of sp³-hybridized carbons (Fsp3) is 1.00. The molecule has 0 aromatic carbocycles. The second-order valence-corrected chi connectivity index (χ2v) is 5.80. The lowest BCUT2D eigenvalue weighted by Crippen LogP contribution is -2.53. The summed E-state index contributed by atoms with van der Waals surface area (Å²) in [6, 6.07) is 0.727. The molecule has 1 rings (SSSR count). The quantitative estimate of drug-likeness (QED) is 0.749. The van der Waals surface area contributed by atoms with Crippen LogP contribution in [0.3, 0.4) is 0 Å². The van der Waals surface area contributed by atoms with Crippen molar-refractivity contribution in [3.05, 3.63) is 0 Å². The van der Waals surface area contributed by atoms with E-state index in [1.54, 1.807) is 0 Å². The zero-order valence-electron chi connectivity index (χ0n) is 11.7. The number of hydrogen-bond donors (Lipinski definition) is 1. The van der Waals surface area contributed by atoms with E-state index in [1.807, 2.05) is 0 Å². The first-order valence-electron chi connectivity index (χ1n) is 7.08. The molecular formula is C14H30N2. The van der Waals surface area contributed by atoms with E-state index in [0.717, 1.165) is 6.04 Å². The van der Waals surface area contributed by atoms with Crippen LogP contribution in [0.4, 0.5) is 0 Å². The summed E-state index contributed by atoms with van der Waals surface area (Å²) < 4.78 is 0. The standard InChI is InChI=1S/C14H30N2/c1-5-9-14(3,4)16-11-7-8-13(12-16)15-10-6-2/h13,15H,5-12H2,1-4H3. The maximum atomic E-state index is 3.67. The molecule has 16 heavy (non-hydrogen) atoms. The predicted molar refractivity (Wildman–Crippen MR) is 71.9 cm³/mol. The van der Waals surface area contributed by atoms with Gasteiger partial charge in [0.05, 0.1) is 0 Å². The van der Waals surface area contributed by atoms with Crippen molar-refractivity contribution in [3.63, 3.8) is 0 Å². The number of nitrogens with one attached hydrogen (secondary N) is 1. The van der Waals surface area contributed by atoms with Gasteiger partial charge in [-0.15, -0.1) is 0 Å². The number of likely N-dealkylation sites (tertiary alicyclic amines) is 1. The fourth-order valence-electron chi connectivity index (χ4n) is 2.81. The maximum Gasteiger partial charge on any atom is 0.0195 e.